The summed E-state index contributed by atoms with van der Waals surface area (Å²) in [5, 5.41) is 4.82. The molecule has 19 heavy (non-hydrogen) atoms. The van der Waals surface area contributed by atoms with Crippen LogP contribution in [0.15, 0.2) is 18.2 Å². The number of nitrogens with zero attached hydrogens (tertiary/aromatic N) is 2. The second-order valence-corrected chi connectivity index (χ2v) is 4.67. The summed E-state index contributed by atoms with van der Waals surface area (Å²) in [7, 11) is 0. The minimum atomic E-state index is -0.379. The Labute approximate surface area is 117 Å². The van der Waals surface area contributed by atoms with Crippen LogP contribution in [0.1, 0.15) is 30.8 Å². The van der Waals surface area contributed by atoms with E-state index < -0.39 is 0 Å². The van der Waals surface area contributed by atoms with E-state index >= 15 is 0 Å². The Morgan fingerprint density at radius 1 is 1.32 bits per heavy atom. The second-order valence-electron chi connectivity index (χ2n) is 4.27. The lowest BCUT2D eigenvalue weighted by atomic mass is 10.1. The summed E-state index contributed by atoms with van der Waals surface area (Å²) in [5.41, 5.74) is 8.91. The van der Waals surface area contributed by atoms with Crippen LogP contribution in [0.4, 0.5) is 4.39 Å². The maximum Gasteiger partial charge on any atom is 0.150 e. The largest absolute Gasteiger partial charge is 0.326 e. The van der Waals surface area contributed by atoms with Crippen molar-refractivity contribution in [3.05, 3.63) is 46.0 Å². The predicted molar refractivity (Wildman–Crippen MR) is 75.2 cm³/mol. The van der Waals surface area contributed by atoms with Gasteiger partial charge in [0.05, 0.1) is 10.7 Å². The van der Waals surface area contributed by atoms with Crippen LogP contribution in [0.2, 0.25) is 5.02 Å². The number of nitrogens with two attached hydrogens (primary N) is 1. The average molecular weight is 282 g/mol. The van der Waals surface area contributed by atoms with E-state index in [0.29, 0.717) is 17.3 Å². The third kappa shape index (κ3) is 2.38. The topological polar surface area (TPSA) is 43.8 Å². The minimum absolute atomic E-state index is 0.301. The Morgan fingerprint density at radius 2 is 2.05 bits per heavy atom. The molecule has 2 N–H and O–H groups in total. The third-order valence-corrected chi connectivity index (χ3v) is 3.50. The number of rotatable bonds is 4. The molecule has 5 heteroatoms. The monoisotopic (exact) mass is 281 g/mol. The summed E-state index contributed by atoms with van der Waals surface area (Å²) in [6.45, 7) is 4.41. The first kappa shape index (κ1) is 14.0. The van der Waals surface area contributed by atoms with E-state index in [2.05, 4.69) is 5.10 Å². The van der Waals surface area contributed by atoms with Crippen LogP contribution in [0.5, 0.6) is 0 Å². The Kier molecular flexibility index (Phi) is 4.22. The van der Waals surface area contributed by atoms with Crippen molar-refractivity contribution < 1.29 is 4.39 Å². The standard InChI is InChI=1S/C14H17ClFN3/c1-3-12-9(8-17)13(4-2)19(18-12)14-10(15)6-5-7-11(14)16/h5-7H,3-4,8,17H2,1-2H3. The molecule has 0 saturated heterocycles. The van der Waals surface area contributed by atoms with Gasteiger partial charge in [-0.2, -0.15) is 5.10 Å². The van der Waals surface area contributed by atoms with Crippen LogP contribution in [-0.4, -0.2) is 9.78 Å². The molecule has 0 aliphatic carbocycles. The van der Waals surface area contributed by atoms with Crippen LogP contribution in [0, 0.1) is 5.82 Å². The van der Waals surface area contributed by atoms with Crippen molar-refractivity contribution in [2.75, 3.05) is 0 Å². The highest BCUT2D eigenvalue weighted by molar-refractivity contribution is 6.32. The highest BCUT2D eigenvalue weighted by Gasteiger charge is 2.19. The smallest absolute Gasteiger partial charge is 0.150 e. The zero-order valence-corrected chi connectivity index (χ0v) is 11.8. The molecule has 0 bridgehead atoms. The third-order valence-electron chi connectivity index (χ3n) is 3.20. The SMILES string of the molecule is CCc1nn(-c2c(F)cccc2Cl)c(CC)c1CN. The molecule has 0 aliphatic heterocycles. The Morgan fingerprint density at radius 3 is 2.58 bits per heavy atom. The predicted octanol–water partition coefficient (Wildman–Crippen LogP) is 3.25. The molecule has 2 rings (SSSR count). The highest BCUT2D eigenvalue weighted by Crippen LogP contribution is 2.27. The van der Waals surface area contributed by atoms with Crippen molar-refractivity contribution in [2.24, 2.45) is 5.73 Å². The maximum absolute atomic E-state index is 14.0. The molecule has 1 heterocycles. The molecule has 0 fully saturated rings. The lowest BCUT2D eigenvalue weighted by Crippen LogP contribution is -2.07. The van der Waals surface area contributed by atoms with Gasteiger partial charge in [0.1, 0.15) is 11.5 Å². The summed E-state index contributed by atoms with van der Waals surface area (Å²) >= 11 is 6.11. The zero-order valence-electron chi connectivity index (χ0n) is 11.1. The average Bonchev–Trinajstić information content (AvgIpc) is 2.76. The van der Waals surface area contributed by atoms with Crippen molar-refractivity contribution in [1.29, 1.82) is 0 Å². The number of aromatic nitrogens is 2. The molecular formula is C14H17ClFN3. The fourth-order valence-corrected chi connectivity index (χ4v) is 2.54. The number of hydrogen-bond acceptors (Lipinski definition) is 2. The van der Waals surface area contributed by atoms with Gasteiger partial charge in [0, 0.05) is 17.8 Å². The van der Waals surface area contributed by atoms with E-state index in [1.54, 1.807) is 16.8 Å². The Hall–Kier alpha value is -1.39. The normalized spacial score (nSPS) is 11.0. The van der Waals surface area contributed by atoms with Gasteiger partial charge in [-0.05, 0) is 25.0 Å². The fraction of sp³-hybridized carbons (Fsp3) is 0.357. The minimum Gasteiger partial charge on any atom is -0.326 e. The van der Waals surface area contributed by atoms with Gasteiger partial charge in [-0.25, -0.2) is 9.07 Å². The van der Waals surface area contributed by atoms with Gasteiger partial charge in [0.25, 0.3) is 0 Å². The first-order valence-electron chi connectivity index (χ1n) is 6.38. The number of benzene rings is 1. The van der Waals surface area contributed by atoms with Crippen molar-refractivity contribution in [3.8, 4) is 5.69 Å². The lowest BCUT2D eigenvalue weighted by Gasteiger charge is -2.10. The quantitative estimate of drug-likeness (QED) is 0.935. The maximum atomic E-state index is 14.0. The summed E-state index contributed by atoms with van der Waals surface area (Å²) in [5.74, 6) is -0.379. The van der Waals surface area contributed by atoms with Gasteiger partial charge in [0.2, 0.25) is 0 Å². The number of hydrogen-bond donors (Lipinski definition) is 1. The van der Waals surface area contributed by atoms with Crippen LogP contribution < -0.4 is 5.73 Å². The van der Waals surface area contributed by atoms with Crippen molar-refractivity contribution >= 4 is 11.6 Å². The van der Waals surface area contributed by atoms with Gasteiger partial charge in [0.15, 0.2) is 0 Å². The molecule has 0 radical (unpaired) electrons. The van der Waals surface area contributed by atoms with Crippen molar-refractivity contribution in [2.45, 2.75) is 33.2 Å². The van der Waals surface area contributed by atoms with Gasteiger partial charge < -0.3 is 5.73 Å². The summed E-state index contributed by atoms with van der Waals surface area (Å²) < 4.78 is 15.6. The summed E-state index contributed by atoms with van der Waals surface area (Å²) in [6.07, 6.45) is 1.49. The molecule has 0 amide bonds. The van der Waals surface area contributed by atoms with Gasteiger partial charge in [-0.1, -0.05) is 31.5 Å². The second kappa shape index (κ2) is 5.72. The molecule has 1 aromatic heterocycles. The first-order valence-corrected chi connectivity index (χ1v) is 6.75. The zero-order chi connectivity index (χ0) is 14.0. The molecule has 3 nitrogen and oxygen atoms in total. The molecule has 0 spiro atoms. The molecule has 0 aliphatic rings. The van der Waals surface area contributed by atoms with E-state index in [0.717, 1.165) is 29.8 Å². The number of halogens is 2. The van der Waals surface area contributed by atoms with Crippen molar-refractivity contribution in [1.82, 2.24) is 9.78 Å². The summed E-state index contributed by atoms with van der Waals surface area (Å²) in [4.78, 5) is 0. The molecule has 0 saturated carbocycles. The van der Waals surface area contributed by atoms with Gasteiger partial charge in [-0.3, -0.25) is 0 Å². The Bertz CT molecular complexity index is 572. The first-order chi connectivity index (χ1) is 9.13. The molecular weight excluding hydrogens is 265 g/mol. The van der Waals surface area contributed by atoms with Crippen LogP contribution in [0.3, 0.4) is 0 Å². The Balaban J connectivity index is 2.72. The molecule has 1 aromatic carbocycles. The molecule has 0 atom stereocenters. The lowest BCUT2D eigenvalue weighted by molar-refractivity contribution is 0.606. The highest BCUT2D eigenvalue weighted by atomic mass is 35.5. The van der Waals surface area contributed by atoms with Crippen LogP contribution in [0.25, 0.3) is 5.69 Å². The molecule has 102 valence electrons. The fourth-order valence-electron chi connectivity index (χ4n) is 2.30. The van der Waals surface area contributed by atoms with Gasteiger partial charge >= 0.3 is 0 Å². The van der Waals surface area contributed by atoms with Gasteiger partial charge in [-0.15, -0.1) is 0 Å². The van der Waals surface area contributed by atoms with E-state index in [1.807, 2.05) is 13.8 Å². The van der Waals surface area contributed by atoms with E-state index in [9.17, 15) is 4.39 Å². The number of aryl methyl sites for hydroxylation is 1. The van der Waals surface area contributed by atoms with E-state index in [-0.39, 0.29) is 5.82 Å². The van der Waals surface area contributed by atoms with E-state index in [4.69, 9.17) is 17.3 Å². The molecule has 2 aromatic rings. The summed E-state index contributed by atoms with van der Waals surface area (Å²) in [6, 6.07) is 4.63. The molecule has 0 unspecified atom stereocenters. The van der Waals surface area contributed by atoms with Crippen LogP contribution >= 0.6 is 11.6 Å². The number of para-hydroxylation sites is 1. The van der Waals surface area contributed by atoms with E-state index in [1.165, 1.54) is 6.07 Å². The van der Waals surface area contributed by atoms with Crippen molar-refractivity contribution in [3.63, 3.8) is 0 Å². The van der Waals surface area contributed by atoms with Crippen LogP contribution in [-0.2, 0) is 19.4 Å².